The number of halogens is 4. The lowest BCUT2D eigenvalue weighted by Gasteiger charge is -2.14. The van der Waals surface area contributed by atoms with Gasteiger partial charge in [-0.3, -0.25) is 4.98 Å². The van der Waals surface area contributed by atoms with Gasteiger partial charge in [0.1, 0.15) is 5.82 Å². The molecule has 4 N–H and O–H groups in total. The van der Waals surface area contributed by atoms with Crippen LogP contribution in [-0.4, -0.2) is 32.2 Å². The monoisotopic (exact) mass is 476 g/mol. The second-order valence-corrected chi connectivity index (χ2v) is 7.31. The molecule has 2 aromatic heterocycles. The maximum absolute atomic E-state index is 13.1. The van der Waals surface area contributed by atoms with Crippen LogP contribution in [0.4, 0.5) is 17.6 Å². The van der Waals surface area contributed by atoms with E-state index in [1.54, 1.807) is 12.1 Å². The molecule has 0 saturated carbocycles. The Labute approximate surface area is 190 Å². The Morgan fingerprint density at radius 2 is 1.71 bits per heavy atom. The fraction of sp³-hybridized carbons (Fsp3) is 0.174. The van der Waals surface area contributed by atoms with Crippen LogP contribution in [0.2, 0.25) is 0 Å². The lowest BCUT2D eigenvalue weighted by molar-refractivity contribution is -0.192. The number of carboxylic acids is 1. The first kappa shape index (κ1) is 24.6. The first-order valence-electron chi connectivity index (χ1n) is 10.0. The van der Waals surface area contributed by atoms with E-state index in [0.717, 1.165) is 33.5 Å². The van der Waals surface area contributed by atoms with Crippen molar-refractivity contribution in [1.82, 2.24) is 20.3 Å². The zero-order valence-electron chi connectivity index (χ0n) is 17.8. The number of hydrogen-bond donors (Lipinski definition) is 4. The molecule has 0 aliphatic rings. The molecule has 34 heavy (non-hydrogen) atoms. The summed E-state index contributed by atoms with van der Waals surface area (Å²) >= 11 is 0. The Bertz CT molecular complexity index is 1330. The minimum absolute atomic E-state index is 0.0871. The zero-order valence-corrected chi connectivity index (χ0v) is 17.8. The molecule has 0 radical (unpaired) electrons. The standard InChI is InChI=1S/C21H19FN4O.C2HF3O2/c1-13(15-7-10-19-20(11-15)26-21(27)25-19)23-12-17-3-2-4-18(24-17)14-5-8-16(22)9-6-14;3-2(4,5)1(6)7/h2-11,13,23H,12H2,1H3,(H2,25,26,27);(H,6,7). The highest BCUT2D eigenvalue weighted by atomic mass is 19.4. The summed E-state index contributed by atoms with van der Waals surface area (Å²) in [5.41, 5.74) is 5.06. The summed E-state index contributed by atoms with van der Waals surface area (Å²) in [6, 6.07) is 18.1. The quantitative estimate of drug-likeness (QED) is 0.316. The van der Waals surface area contributed by atoms with Gasteiger partial charge < -0.3 is 20.4 Å². The molecule has 0 fully saturated rings. The van der Waals surface area contributed by atoms with Crippen LogP contribution in [0.25, 0.3) is 22.3 Å². The van der Waals surface area contributed by atoms with Gasteiger partial charge in [0.15, 0.2) is 0 Å². The van der Waals surface area contributed by atoms with Crippen molar-refractivity contribution in [2.75, 3.05) is 0 Å². The molecule has 0 amide bonds. The largest absolute Gasteiger partial charge is 0.490 e. The number of rotatable bonds is 5. The van der Waals surface area contributed by atoms with Crippen LogP contribution in [0.1, 0.15) is 24.2 Å². The molecule has 1 unspecified atom stereocenters. The summed E-state index contributed by atoms with van der Waals surface area (Å²) in [6.07, 6.45) is -5.08. The van der Waals surface area contributed by atoms with Gasteiger partial charge in [0.05, 0.1) is 22.4 Å². The molecule has 0 spiro atoms. The molecule has 178 valence electrons. The van der Waals surface area contributed by atoms with E-state index >= 15 is 0 Å². The first-order valence-corrected chi connectivity index (χ1v) is 10.0. The normalized spacial score (nSPS) is 12.1. The molecule has 2 heterocycles. The first-order chi connectivity index (χ1) is 16.0. The summed E-state index contributed by atoms with van der Waals surface area (Å²) in [5.74, 6) is -3.02. The van der Waals surface area contributed by atoms with Gasteiger partial charge in [-0.15, -0.1) is 0 Å². The van der Waals surface area contributed by atoms with Gasteiger partial charge in [0, 0.05) is 18.2 Å². The van der Waals surface area contributed by atoms with Crippen molar-refractivity contribution in [3.8, 4) is 11.3 Å². The van der Waals surface area contributed by atoms with Gasteiger partial charge in [0.2, 0.25) is 0 Å². The molecule has 0 aliphatic carbocycles. The van der Waals surface area contributed by atoms with Crippen molar-refractivity contribution < 1.29 is 27.5 Å². The van der Waals surface area contributed by atoms with E-state index in [9.17, 15) is 22.4 Å². The number of imidazole rings is 1. The number of aromatic amines is 2. The summed E-state index contributed by atoms with van der Waals surface area (Å²) in [4.78, 5) is 30.5. The van der Waals surface area contributed by atoms with Crippen LogP contribution < -0.4 is 11.0 Å². The predicted molar refractivity (Wildman–Crippen MR) is 117 cm³/mol. The maximum Gasteiger partial charge on any atom is 0.490 e. The van der Waals surface area contributed by atoms with Crippen LogP contribution in [0.5, 0.6) is 0 Å². The number of aliphatic carboxylic acids is 1. The Morgan fingerprint density at radius 3 is 2.35 bits per heavy atom. The van der Waals surface area contributed by atoms with Gasteiger partial charge >= 0.3 is 17.8 Å². The average molecular weight is 476 g/mol. The number of hydrogen-bond acceptors (Lipinski definition) is 4. The van der Waals surface area contributed by atoms with Crippen LogP contribution >= 0.6 is 0 Å². The average Bonchev–Trinajstić information content (AvgIpc) is 3.17. The smallest absolute Gasteiger partial charge is 0.475 e. The van der Waals surface area contributed by atoms with Gasteiger partial charge in [-0.2, -0.15) is 13.2 Å². The van der Waals surface area contributed by atoms with Crippen molar-refractivity contribution in [1.29, 1.82) is 0 Å². The van der Waals surface area contributed by atoms with Crippen molar-refractivity contribution in [3.05, 3.63) is 88.2 Å². The molecule has 4 rings (SSSR count). The summed E-state index contributed by atoms with van der Waals surface area (Å²) in [7, 11) is 0. The van der Waals surface area contributed by atoms with E-state index in [1.807, 2.05) is 36.4 Å². The number of benzene rings is 2. The van der Waals surface area contributed by atoms with Crippen LogP contribution in [0.15, 0.2) is 65.5 Å². The number of carboxylic acid groups (broad SMARTS) is 1. The number of nitrogens with one attached hydrogen (secondary N) is 3. The Kier molecular flexibility index (Phi) is 7.47. The Balaban J connectivity index is 0.000000406. The third-order valence-corrected chi connectivity index (χ3v) is 4.82. The van der Waals surface area contributed by atoms with Crippen LogP contribution in [0, 0.1) is 5.82 Å². The van der Waals surface area contributed by atoms with Crippen molar-refractivity contribution in [2.45, 2.75) is 25.7 Å². The number of pyridine rings is 1. The SMILES string of the molecule is CC(NCc1cccc(-c2ccc(F)cc2)n1)c1ccc2[nH]c(=O)[nH]c2c1.O=C(O)C(F)(F)F. The summed E-state index contributed by atoms with van der Waals surface area (Å²) < 4.78 is 44.8. The molecule has 2 aromatic carbocycles. The Hall–Kier alpha value is -3.99. The van der Waals surface area contributed by atoms with Gasteiger partial charge in [-0.05, 0) is 61.0 Å². The number of nitrogens with zero attached hydrogens (tertiary/aromatic N) is 1. The molecule has 11 heteroatoms. The number of fused-ring (bicyclic) bond motifs is 1. The van der Waals surface area contributed by atoms with E-state index in [0.29, 0.717) is 6.54 Å². The molecule has 0 aliphatic heterocycles. The second-order valence-electron chi connectivity index (χ2n) is 7.31. The fourth-order valence-electron chi connectivity index (χ4n) is 3.05. The molecule has 0 saturated heterocycles. The molecular formula is C23H20F4N4O3. The molecule has 7 nitrogen and oxygen atoms in total. The number of aromatic nitrogens is 3. The number of carbonyl (C=O) groups is 1. The van der Waals surface area contributed by atoms with E-state index in [-0.39, 0.29) is 17.5 Å². The van der Waals surface area contributed by atoms with Gasteiger partial charge in [-0.25, -0.2) is 14.0 Å². The third-order valence-electron chi connectivity index (χ3n) is 4.82. The molecule has 4 aromatic rings. The number of H-pyrrole nitrogens is 2. The van der Waals surface area contributed by atoms with Gasteiger partial charge in [0.25, 0.3) is 0 Å². The summed E-state index contributed by atoms with van der Waals surface area (Å²) in [5, 5.41) is 10.6. The highest BCUT2D eigenvalue weighted by molar-refractivity contribution is 5.75. The van der Waals surface area contributed by atoms with Crippen molar-refractivity contribution in [3.63, 3.8) is 0 Å². The van der Waals surface area contributed by atoms with Crippen LogP contribution in [0.3, 0.4) is 0 Å². The molecule has 1 atom stereocenters. The Morgan fingerprint density at radius 1 is 1.06 bits per heavy atom. The maximum atomic E-state index is 13.1. The third kappa shape index (κ3) is 6.51. The lowest BCUT2D eigenvalue weighted by atomic mass is 10.1. The van der Waals surface area contributed by atoms with Crippen molar-refractivity contribution >= 4 is 17.0 Å². The fourth-order valence-corrected chi connectivity index (χ4v) is 3.05. The van der Waals surface area contributed by atoms with Crippen LogP contribution in [-0.2, 0) is 11.3 Å². The van der Waals surface area contributed by atoms with Crippen molar-refractivity contribution in [2.24, 2.45) is 0 Å². The van der Waals surface area contributed by atoms with E-state index in [2.05, 4.69) is 27.2 Å². The van der Waals surface area contributed by atoms with E-state index in [4.69, 9.17) is 9.90 Å². The molecule has 0 bridgehead atoms. The van der Waals surface area contributed by atoms with E-state index in [1.165, 1.54) is 12.1 Å². The summed E-state index contributed by atoms with van der Waals surface area (Å²) in [6.45, 7) is 2.66. The zero-order chi connectivity index (χ0) is 24.9. The molecular weight excluding hydrogens is 456 g/mol. The van der Waals surface area contributed by atoms with Gasteiger partial charge in [-0.1, -0.05) is 12.1 Å². The minimum Gasteiger partial charge on any atom is -0.475 e. The number of alkyl halides is 3. The second kappa shape index (κ2) is 10.3. The lowest BCUT2D eigenvalue weighted by Crippen LogP contribution is -2.21. The minimum atomic E-state index is -5.08. The highest BCUT2D eigenvalue weighted by Gasteiger charge is 2.38. The highest BCUT2D eigenvalue weighted by Crippen LogP contribution is 2.20. The van der Waals surface area contributed by atoms with E-state index < -0.39 is 12.1 Å². The topological polar surface area (TPSA) is 111 Å². The predicted octanol–water partition coefficient (Wildman–Crippen LogP) is 4.54.